The van der Waals surface area contributed by atoms with Crippen molar-refractivity contribution >= 4 is 0 Å². The molecule has 1 aromatic heterocycles. The number of aromatic nitrogens is 1. The fraction of sp³-hybridized carbons (Fsp3) is 0.853. The van der Waals surface area contributed by atoms with Crippen LogP contribution in [0.4, 0.5) is 0 Å². The second kappa shape index (κ2) is 24.8. The number of nitrogens with zero attached hydrogens (tertiary/aromatic N) is 1. The van der Waals surface area contributed by atoms with Gasteiger partial charge >= 0.3 is 0 Å². The minimum absolute atomic E-state index is 1.21. The van der Waals surface area contributed by atoms with Gasteiger partial charge in [0.25, 0.3) is 0 Å². The Bertz CT molecular complexity index is 523. The minimum Gasteiger partial charge on any atom is -0.205 e. The molecule has 1 nitrogen and oxygen atoms in total. The molecule has 0 aliphatic heterocycles. The van der Waals surface area contributed by atoms with Gasteiger partial charge in [-0.3, -0.25) is 0 Å². The lowest BCUT2D eigenvalue weighted by Crippen LogP contribution is -2.34. The lowest BCUT2D eigenvalue weighted by molar-refractivity contribution is -0.698. The van der Waals surface area contributed by atoms with Crippen LogP contribution in [0.3, 0.4) is 0 Å². The predicted octanol–water partition coefficient (Wildman–Crippen LogP) is 11.1. The topological polar surface area (TPSA) is 3.88 Å². The Morgan fingerprint density at radius 1 is 0.400 bits per heavy atom. The largest absolute Gasteiger partial charge is 0.205 e. The molecule has 0 saturated heterocycles. The molecule has 0 radical (unpaired) electrons. The van der Waals surface area contributed by atoms with Crippen molar-refractivity contribution in [3.05, 3.63) is 29.6 Å². The third-order valence-corrected chi connectivity index (χ3v) is 7.69. The summed E-state index contributed by atoms with van der Waals surface area (Å²) >= 11 is 0. The Hall–Kier alpha value is -0.850. The van der Waals surface area contributed by atoms with Crippen molar-refractivity contribution in [3.63, 3.8) is 0 Å². The molecule has 1 rings (SSSR count). The van der Waals surface area contributed by atoms with Crippen molar-refractivity contribution in [2.24, 2.45) is 0 Å². The number of aryl methyl sites for hydroxylation is 3. The molecule has 1 aromatic rings. The van der Waals surface area contributed by atoms with E-state index in [1.165, 1.54) is 167 Å². The van der Waals surface area contributed by atoms with Crippen LogP contribution in [0.5, 0.6) is 0 Å². The van der Waals surface area contributed by atoms with E-state index in [0.29, 0.717) is 0 Å². The second-order valence-electron chi connectivity index (χ2n) is 11.4. The molecule has 0 amide bonds. The van der Waals surface area contributed by atoms with Gasteiger partial charge < -0.3 is 0 Å². The van der Waals surface area contributed by atoms with E-state index in [2.05, 4.69) is 43.8 Å². The first kappa shape index (κ1) is 32.2. The van der Waals surface area contributed by atoms with Crippen molar-refractivity contribution in [1.82, 2.24) is 0 Å². The van der Waals surface area contributed by atoms with Crippen LogP contribution in [0.2, 0.25) is 0 Å². The molecule has 0 aromatic carbocycles. The molecule has 0 saturated carbocycles. The molecule has 204 valence electrons. The summed E-state index contributed by atoms with van der Waals surface area (Å²) in [5.74, 6) is 0. The van der Waals surface area contributed by atoms with Crippen molar-refractivity contribution < 1.29 is 4.57 Å². The van der Waals surface area contributed by atoms with Crippen molar-refractivity contribution in [1.29, 1.82) is 0 Å². The fourth-order valence-corrected chi connectivity index (χ4v) is 5.36. The van der Waals surface area contributed by atoms with E-state index < -0.39 is 0 Å². The zero-order valence-electron chi connectivity index (χ0n) is 24.6. The van der Waals surface area contributed by atoms with Gasteiger partial charge in [0.05, 0.1) is 0 Å². The van der Waals surface area contributed by atoms with Crippen LogP contribution in [-0.4, -0.2) is 0 Å². The van der Waals surface area contributed by atoms with E-state index in [9.17, 15) is 0 Å². The van der Waals surface area contributed by atoms with Crippen LogP contribution < -0.4 is 4.57 Å². The Balaban J connectivity index is 2.37. The molecular formula is C34H64N+. The van der Waals surface area contributed by atoms with Gasteiger partial charge in [-0.15, -0.1) is 0 Å². The summed E-state index contributed by atoms with van der Waals surface area (Å²) in [4.78, 5) is 0. The van der Waals surface area contributed by atoms with E-state index in [1.807, 2.05) is 0 Å². The van der Waals surface area contributed by atoms with Crippen LogP contribution in [-0.2, 0) is 19.4 Å². The Kier molecular flexibility index (Phi) is 22.8. The predicted molar refractivity (Wildman–Crippen MR) is 157 cm³/mol. The zero-order valence-corrected chi connectivity index (χ0v) is 24.6. The SMILES string of the molecule is CCCCCCCCCCCc1cc(CCCCCCCCCCC)c[n+](CCCCCCC)c1. The molecule has 0 bridgehead atoms. The summed E-state index contributed by atoms with van der Waals surface area (Å²) in [5, 5.41) is 0. The summed E-state index contributed by atoms with van der Waals surface area (Å²) in [6.45, 7) is 8.13. The van der Waals surface area contributed by atoms with E-state index >= 15 is 0 Å². The highest BCUT2D eigenvalue weighted by molar-refractivity contribution is 5.15. The molecular weight excluding hydrogens is 422 g/mol. The monoisotopic (exact) mass is 487 g/mol. The highest BCUT2D eigenvalue weighted by Gasteiger charge is 2.08. The molecule has 0 N–H and O–H groups in total. The second-order valence-corrected chi connectivity index (χ2v) is 11.4. The first-order chi connectivity index (χ1) is 17.3. The standard InChI is InChI=1S/C34H64N/c1-4-7-10-13-15-17-19-21-24-27-33-30-34(28-25-22-20-18-16-14-11-8-5-2)32-35(31-33)29-26-23-12-9-6-3/h30-32H,4-29H2,1-3H3/q+1. The lowest BCUT2D eigenvalue weighted by Gasteiger charge is -2.07. The van der Waals surface area contributed by atoms with E-state index in [-0.39, 0.29) is 0 Å². The summed E-state index contributed by atoms with van der Waals surface area (Å²) < 4.78 is 2.54. The van der Waals surface area contributed by atoms with Gasteiger partial charge in [-0.2, -0.15) is 0 Å². The molecule has 1 heteroatoms. The summed E-state index contributed by atoms with van der Waals surface area (Å²) in [5.41, 5.74) is 3.19. The van der Waals surface area contributed by atoms with Gasteiger partial charge in [0.1, 0.15) is 6.54 Å². The molecule has 0 aliphatic carbocycles. The lowest BCUT2D eigenvalue weighted by atomic mass is 10.0. The quantitative estimate of drug-likeness (QED) is 0.0905. The maximum absolute atomic E-state index is 2.54. The Morgan fingerprint density at radius 3 is 1.09 bits per heavy atom. The van der Waals surface area contributed by atoms with Crippen LogP contribution in [0.15, 0.2) is 18.5 Å². The highest BCUT2D eigenvalue weighted by Crippen LogP contribution is 2.15. The van der Waals surface area contributed by atoms with Gasteiger partial charge in [0.2, 0.25) is 0 Å². The summed E-state index contributed by atoms with van der Waals surface area (Å²) in [7, 11) is 0. The third-order valence-electron chi connectivity index (χ3n) is 7.69. The number of pyridine rings is 1. The van der Waals surface area contributed by atoms with Gasteiger partial charge in [-0.25, -0.2) is 4.57 Å². The Morgan fingerprint density at radius 2 is 0.714 bits per heavy atom. The van der Waals surface area contributed by atoms with Crippen LogP contribution >= 0.6 is 0 Å². The maximum atomic E-state index is 2.54. The summed E-state index contributed by atoms with van der Waals surface area (Å²) in [6.07, 6.45) is 39.9. The van der Waals surface area contributed by atoms with Gasteiger partial charge in [-0.05, 0) is 38.2 Å². The first-order valence-electron chi connectivity index (χ1n) is 16.3. The smallest absolute Gasteiger partial charge is 0.171 e. The molecule has 0 unspecified atom stereocenters. The fourth-order valence-electron chi connectivity index (χ4n) is 5.36. The normalized spacial score (nSPS) is 11.4. The van der Waals surface area contributed by atoms with E-state index in [1.54, 1.807) is 11.1 Å². The zero-order chi connectivity index (χ0) is 25.2. The molecule has 0 atom stereocenters. The Labute approximate surface area is 221 Å². The van der Waals surface area contributed by atoms with Crippen molar-refractivity contribution in [2.75, 3.05) is 0 Å². The molecule has 0 fully saturated rings. The van der Waals surface area contributed by atoms with E-state index in [0.717, 1.165) is 0 Å². The van der Waals surface area contributed by atoms with E-state index in [4.69, 9.17) is 0 Å². The molecule has 1 heterocycles. The van der Waals surface area contributed by atoms with Gasteiger partial charge in [0.15, 0.2) is 12.4 Å². The van der Waals surface area contributed by atoms with Crippen LogP contribution in [0.25, 0.3) is 0 Å². The van der Waals surface area contributed by atoms with Gasteiger partial charge in [0, 0.05) is 17.5 Å². The molecule has 0 aliphatic rings. The van der Waals surface area contributed by atoms with Crippen LogP contribution in [0.1, 0.15) is 180 Å². The van der Waals surface area contributed by atoms with Crippen LogP contribution in [0, 0.1) is 0 Å². The van der Waals surface area contributed by atoms with Crippen molar-refractivity contribution in [3.8, 4) is 0 Å². The first-order valence-corrected chi connectivity index (χ1v) is 16.3. The third kappa shape index (κ3) is 20.0. The average molecular weight is 487 g/mol. The van der Waals surface area contributed by atoms with Gasteiger partial charge in [-0.1, -0.05) is 143 Å². The highest BCUT2D eigenvalue weighted by atomic mass is 14.9. The van der Waals surface area contributed by atoms with Crippen molar-refractivity contribution in [2.45, 2.75) is 188 Å². The number of unbranched alkanes of at least 4 members (excludes halogenated alkanes) is 20. The summed E-state index contributed by atoms with van der Waals surface area (Å²) in [6, 6.07) is 2.54. The number of hydrogen-bond donors (Lipinski definition) is 0. The average Bonchev–Trinajstić information content (AvgIpc) is 2.86. The molecule has 0 spiro atoms. The molecule has 35 heavy (non-hydrogen) atoms. The number of hydrogen-bond acceptors (Lipinski definition) is 0. The number of rotatable bonds is 26. The maximum Gasteiger partial charge on any atom is 0.171 e. The minimum atomic E-state index is 1.21.